The Kier molecular flexibility index (Phi) is 4.49. The number of benzene rings is 1. The average Bonchev–Trinajstić information content (AvgIpc) is 3.22. The molecule has 1 aliphatic rings. The van der Waals surface area contributed by atoms with Crippen LogP contribution in [0.5, 0.6) is 0 Å². The third-order valence-corrected chi connectivity index (χ3v) is 3.05. The molecule has 0 heterocycles. The maximum atomic E-state index is 13.3. The quantitative estimate of drug-likeness (QED) is 0.805. The van der Waals surface area contributed by atoms with E-state index in [0.29, 0.717) is 18.5 Å². The van der Waals surface area contributed by atoms with Crippen LogP contribution in [-0.4, -0.2) is 24.9 Å². The van der Waals surface area contributed by atoms with E-state index in [1.807, 2.05) is 0 Å². The summed E-state index contributed by atoms with van der Waals surface area (Å²) in [6.07, 6.45) is 2.27. The number of nitrogens with one attached hydrogen (secondary N) is 2. The highest BCUT2D eigenvalue weighted by atomic mass is 19.1. The second-order valence-corrected chi connectivity index (χ2v) is 4.68. The molecule has 4 nitrogen and oxygen atoms in total. The summed E-state index contributed by atoms with van der Waals surface area (Å²) >= 11 is 0. The number of hydrogen-bond acceptors (Lipinski definition) is 2. The van der Waals surface area contributed by atoms with Gasteiger partial charge in [0.2, 0.25) is 11.8 Å². The van der Waals surface area contributed by atoms with Crippen molar-refractivity contribution in [1.82, 2.24) is 10.6 Å². The monoisotopic (exact) mass is 264 g/mol. The van der Waals surface area contributed by atoms with E-state index in [2.05, 4.69) is 10.6 Å². The Morgan fingerprint density at radius 1 is 1.21 bits per heavy atom. The number of carbonyl (C=O) groups excluding carboxylic acids is 2. The van der Waals surface area contributed by atoms with E-state index in [-0.39, 0.29) is 30.1 Å². The van der Waals surface area contributed by atoms with Crippen LogP contribution in [0.2, 0.25) is 0 Å². The Hall–Kier alpha value is -1.91. The molecule has 0 aromatic heterocycles. The number of hydrogen-bond donors (Lipinski definition) is 2. The molecule has 19 heavy (non-hydrogen) atoms. The molecule has 0 aliphatic heterocycles. The molecule has 0 saturated heterocycles. The highest BCUT2D eigenvalue weighted by Gasteiger charge is 2.29. The minimum atomic E-state index is -0.265. The van der Waals surface area contributed by atoms with Gasteiger partial charge < -0.3 is 10.6 Å². The van der Waals surface area contributed by atoms with Crippen molar-refractivity contribution in [1.29, 1.82) is 0 Å². The van der Waals surface area contributed by atoms with E-state index < -0.39 is 0 Å². The molecule has 1 aromatic rings. The Balaban J connectivity index is 1.63. The minimum Gasteiger partial charge on any atom is -0.354 e. The second kappa shape index (κ2) is 6.31. The van der Waals surface area contributed by atoms with Gasteiger partial charge >= 0.3 is 0 Å². The fourth-order valence-corrected chi connectivity index (χ4v) is 1.76. The van der Waals surface area contributed by atoms with Gasteiger partial charge in [-0.15, -0.1) is 0 Å². The van der Waals surface area contributed by atoms with Gasteiger partial charge in [-0.1, -0.05) is 18.2 Å². The first-order valence-corrected chi connectivity index (χ1v) is 6.44. The third kappa shape index (κ3) is 4.35. The van der Waals surface area contributed by atoms with E-state index in [9.17, 15) is 14.0 Å². The van der Waals surface area contributed by atoms with Crippen LogP contribution in [0.4, 0.5) is 4.39 Å². The molecule has 0 spiro atoms. The molecule has 2 amide bonds. The van der Waals surface area contributed by atoms with E-state index in [4.69, 9.17) is 0 Å². The van der Waals surface area contributed by atoms with Crippen LogP contribution >= 0.6 is 0 Å². The lowest BCUT2D eigenvalue weighted by molar-refractivity contribution is -0.126. The summed E-state index contributed by atoms with van der Waals surface area (Å²) < 4.78 is 13.3. The predicted octanol–water partition coefficient (Wildman–Crippen LogP) is 1.01. The van der Waals surface area contributed by atoms with E-state index >= 15 is 0 Å². The minimum absolute atomic E-state index is 0.00734. The van der Waals surface area contributed by atoms with E-state index in [1.54, 1.807) is 18.2 Å². The SMILES string of the molecule is O=C(CNC(=O)C1CC1)NCCc1ccccc1F. The second-order valence-electron chi connectivity index (χ2n) is 4.68. The van der Waals surface area contributed by atoms with Gasteiger partial charge in [0.15, 0.2) is 0 Å². The Morgan fingerprint density at radius 2 is 1.95 bits per heavy atom. The third-order valence-electron chi connectivity index (χ3n) is 3.05. The molecule has 1 saturated carbocycles. The van der Waals surface area contributed by atoms with Gasteiger partial charge in [0.1, 0.15) is 5.82 Å². The van der Waals surface area contributed by atoms with Crippen LogP contribution < -0.4 is 10.6 Å². The molecule has 1 aromatic carbocycles. The Bertz CT molecular complexity index is 472. The van der Waals surface area contributed by atoms with Crippen LogP contribution in [-0.2, 0) is 16.0 Å². The zero-order valence-electron chi connectivity index (χ0n) is 10.6. The van der Waals surface area contributed by atoms with Crippen molar-refractivity contribution in [2.45, 2.75) is 19.3 Å². The molecular weight excluding hydrogens is 247 g/mol. The maximum absolute atomic E-state index is 13.3. The summed E-state index contributed by atoms with van der Waals surface area (Å²) in [6, 6.07) is 6.48. The molecular formula is C14H17FN2O2. The molecule has 2 rings (SSSR count). The summed E-state index contributed by atoms with van der Waals surface area (Å²) in [5.41, 5.74) is 0.574. The summed E-state index contributed by atoms with van der Waals surface area (Å²) in [6.45, 7) is 0.353. The largest absolute Gasteiger partial charge is 0.354 e. The van der Waals surface area contributed by atoms with E-state index in [0.717, 1.165) is 12.8 Å². The van der Waals surface area contributed by atoms with Gasteiger partial charge in [0.05, 0.1) is 6.54 Å². The van der Waals surface area contributed by atoms with Gasteiger partial charge in [-0.25, -0.2) is 4.39 Å². The fourth-order valence-electron chi connectivity index (χ4n) is 1.76. The molecule has 102 valence electrons. The standard InChI is InChI=1S/C14H17FN2O2/c15-12-4-2-1-3-10(12)7-8-16-13(18)9-17-14(19)11-5-6-11/h1-4,11H,5-9H2,(H,16,18)(H,17,19). The van der Waals surface area contributed by atoms with Crippen molar-refractivity contribution in [3.63, 3.8) is 0 Å². The molecule has 0 unspecified atom stereocenters. The summed E-state index contributed by atoms with van der Waals surface area (Å²) in [4.78, 5) is 22.8. The number of rotatable bonds is 6. The van der Waals surface area contributed by atoms with Crippen molar-refractivity contribution in [3.05, 3.63) is 35.6 Å². The normalized spacial score (nSPS) is 13.9. The maximum Gasteiger partial charge on any atom is 0.239 e. The average molecular weight is 264 g/mol. The van der Waals surface area contributed by atoms with Crippen LogP contribution in [0.1, 0.15) is 18.4 Å². The fraction of sp³-hybridized carbons (Fsp3) is 0.429. The predicted molar refractivity (Wildman–Crippen MR) is 68.8 cm³/mol. The number of amides is 2. The first-order valence-electron chi connectivity index (χ1n) is 6.44. The molecule has 0 bridgehead atoms. The summed E-state index contributed by atoms with van der Waals surface area (Å²) in [7, 11) is 0. The van der Waals surface area contributed by atoms with Crippen molar-refractivity contribution >= 4 is 11.8 Å². The first kappa shape index (κ1) is 13.5. The van der Waals surface area contributed by atoms with Crippen molar-refractivity contribution in [3.8, 4) is 0 Å². The smallest absolute Gasteiger partial charge is 0.239 e. The van der Waals surface area contributed by atoms with Gasteiger partial charge in [-0.2, -0.15) is 0 Å². The highest BCUT2D eigenvalue weighted by molar-refractivity contribution is 5.86. The summed E-state index contributed by atoms with van der Waals surface area (Å²) in [5.74, 6) is -0.459. The van der Waals surface area contributed by atoms with Crippen molar-refractivity contribution in [2.75, 3.05) is 13.1 Å². The molecule has 1 fully saturated rings. The van der Waals surface area contributed by atoms with Crippen LogP contribution in [0.25, 0.3) is 0 Å². The van der Waals surface area contributed by atoms with Gasteiger partial charge in [0, 0.05) is 12.5 Å². The first-order chi connectivity index (χ1) is 9.16. The van der Waals surface area contributed by atoms with Gasteiger partial charge in [-0.3, -0.25) is 9.59 Å². The van der Waals surface area contributed by atoms with Gasteiger partial charge in [0.25, 0.3) is 0 Å². The van der Waals surface area contributed by atoms with Gasteiger partial charge in [-0.05, 0) is 30.9 Å². The molecule has 1 aliphatic carbocycles. The Morgan fingerprint density at radius 3 is 2.63 bits per heavy atom. The molecule has 0 atom stereocenters. The molecule has 5 heteroatoms. The van der Waals surface area contributed by atoms with E-state index in [1.165, 1.54) is 6.07 Å². The Labute approximate surface area is 111 Å². The van der Waals surface area contributed by atoms with Crippen LogP contribution in [0, 0.1) is 11.7 Å². The highest BCUT2D eigenvalue weighted by Crippen LogP contribution is 2.28. The topological polar surface area (TPSA) is 58.2 Å². The van der Waals surface area contributed by atoms with Crippen LogP contribution in [0.3, 0.4) is 0 Å². The summed E-state index contributed by atoms with van der Waals surface area (Å²) in [5, 5.41) is 5.23. The molecule has 0 radical (unpaired) electrons. The van der Waals surface area contributed by atoms with Crippen molar-refractivity contribution in [2.24, 2.45) is 5.92 Å². The van der Waals surface area contributed by atoms with Crippen LogP contribution in [0.15, 0.2) is 24.3 Å². The lowest BCUT2D eigenvalue weighted by atomic mass is 10.1. The lowest BCUT2D eigenvalue weighted by Gasteiger charge is -2.07. The molecule has 2 N–H and O–H groups in total. The number of carbonyl (C=O) groups is 2. The van der Waals surface area contributed by atoms with Crippen molar-refractivity contribution < 1.29 is 14.0 Å². The zero-order chi connectivity index (χ0) is 13.7. The lowest BCUT2D eigenvalue weighted by Crippen LogP contribution is -2.38. The number of halogens is 1. The zero-order valence-corrected chi connectivity index (χ0v) is 10.6.